The number of carbonyl (C=O) groups excluding carboxylic acids is 1. The lowest BCUT2D eigenvalue weighted by molar-refractivity contribution is -0.135. The first-order valence-corrected chi connectivity index (χ1v) is 8.83. The quantitative estimate of drug-likeness (QED) is 0.927. The van der Waals surface area contributed by atoms with Crippen molar-refractivity contribution in [2.45, 2.75) is 52.0 Å². The SMILES string of the molecule is Cc1nc(=O)[nH]c(C)c1CCC(=O)N1CCCC[C@@H]1c1ccccn1. The zero-order chi connectivity index (χ0) is 17.8. The largest absolute Gasteiger partial charge is 0.345 e. The number of aromatic nitrogens is 3. The maximum atomic E-state index is 12.9. The van der Waals surface area contributed by atoms with Crippen molar-refractivity contribution in [2.24, 2.45) is 0 Å². The molecule has 6 nitrogen and oxygen atoms in total. The van der Waals surface area contributed by atoms with Gasteiger partial charge in [0.25, 0.3) is 0 Å². The van der Waals surface area contributed by atoms with Gasteiger partial charge in [-0.1, -0.05) is 6.07 Å². The van der Waals surface area contributed by atoms with E-state index in [0.29, 0.717) is 18.5 Å². The van der Waals surface area contributed by atoms with E-state index >= 15 is 0 Å². The van der Waals surface area contributed by atoms with Crippen LogP contribution < -0.4 is 5.69 Å². The molecule has 3 rings (SSSR count). The van der Waals surface area contributed by atoms with E-state index in [4.69, 9.17) is 0 Å². The van der Waals surface area contributed by atoms with Gasteiger partial charge in [-0.25, -0.2) is 4.79 Å². The maximum absolute atomic E-state index is 12.9. The zero-order valence-electron chi connectivity index (χ0n) is 14.8. The first-order valence-electron chi connectivity index (χ1n) is 8.83. The van der Waals surface area contributed by atoms with Gasteiger partial charge >= 0.3 is 5.69 Å². The minimum absolute atomic E-state index is 0.0679. The summed E-state index contributed by atoms with van der Waals surface area (Å²) in [5, 5.41) is 0. The van der Waals surface area contributed by atoms with Crippen molar-refractivity contribution in [2.75, 3.05) is 6.54 Å². The van der Waals surface area contributed by atoms with Crippen LogP contribution in [-0.4, -0.2) is 32.3 Å². The topological polar surface area (TPSA) is 79.0 Å². The van der Waals surface area contributed by atoms with E-state index in [9.17, 15) is 9.59 Å². The van der Waals surface area contributed by atoms with Gasteiger partial charge in [-0.2, -0.15) is 4.98 Å². The summed E-state index contributed by atoms with van der Waals surface area (Å²) in [6.45, 7) is 4.45. The number of nitrogens with zero attached hydrogens (tertiary/aromatic N) is 3. The van der Waals surface area contributed by atoms with Crippen LogP contribution in [0.15, 0.2) is 29.2 Å². The molecule has 1 aliphatic rings. The highest BCUT2D eigenvalue weighted by molar-refractivity contribution is 5.77. The molecular weight excluding hydrogens is 316 g/mol. The van der Waals surface area contributed by atoms with Crippen molar-refractivity contribution in [3.05, 3.63) is 57.5 Å². The maximum Gasteiger partial charge on any atom is 0.345 e. The van der Waals surface area contributed by atoms with Crippen LogP contribution in [0.4, 0.5) is 0 Å². The Morgan fingerprint density at radius 1 is 1.32 bits per heavy atom. The fourth-order valence-electron chi connectivity index (χ4n) is 3.61. The van der Waals surface area contributed by atoms with Gasteiger partial charge < -0.3 is 9.88 Å². The van der Waals surface area contributed by atoms with Gasteiger partial charge in [0, 0.05) is 30.6 Å². The highest BCUT2D eigenvalue weighted by Gasteiger charge is 2.28. The molecule has 0 radical (unpaired) electrons. The summed E-state index contributed by atoms with van der Waals surface area (Å²) in [5.41, 5.74) is 3.09. The molecule has 1 aliphatic heterocycles. The monoisotopic (exact) mass is 340 g/mol. The smallest absolute Gasteiger partial charge is 0.334 e. The predicted octanol–water partition coefficient (Wildman–Crippen LogP) is 2.47. The molecule has 1 N–H and O–H groups in total. The second-order valence-corrected chi connectivity index (χ2v) is 6.58. The molecule has 132 valence electrons. The van der Waals surface area contributed by atoms with Gasteiger partial charge in [0.2, 0.25) is 5.91 Å². The van der Waals surface area contributed by atoms with Crippen molar-refractivity contribution >= 4 is 5.91 Å². The highest BCUT2D eigenvalue weighted by atomic mass is 16.2. The number of hydrogen-bond acceptors (Lipinski definition) is 4. The number of aromatic amines is 1. The average Bonchev–Trinajstić information content (AvgIpc) is 2.61. The lowest BCUT2D eigenvalue weighted by Gasteiger charge is -2.35. The summed E-state index contributed by atoms with van der Waals surface area (Å²) in [4.78, 5) is 37.3. The molecule has 3 heterocycles. The molecule has 2 aromatic rings. The second-order valence-electron chi connectivity index (χ2n) is 6.58. The summed E-state index contributed by atoms with van der Waals surface area (Å²) in [6, 6.07) is 5.93. The van der Waals surface area contributed by atoms with E-state index in [2.05, 4.69) is 15.0 Å². The first-order chi connectivity index (χ1) is 12.1. The normalized spacial score (nSPS) is 17.5. The van der Waals surface area contributed by atoms with Gasteiger partial charge in [-0.3, -0.25) is 9.78 Å². The number of nitrogens with one attached hydrogen (secondary N) is 1. The zero-order valence-corrected chi connectivity index (χ0v) is 14.8. The van der Waals surface area contributed by atoms with Gasteiger partial charge in [-0.05, 0) is 57.2 Å². The van der Waals surface area contributed by atoms with Crippen LogP contribution in [0.2, 0.25) is 0 Å². The number of piperidine rings is 1. The molecule has 0 aromatic carbocycles. The fourth-order valence-corrected chi connectivity index (χ4v) is 3.61. The number of hydrogen-bond donors (Lipinski definition) is 1. The molecule has 2 aromatic heterocycles. The Kier molecular flexibility index (Phi) is 5.26. The summed E-state index contributed by atoms with van der Waals surface area (Å²) >= 11 is 0. The Bertz CT molecular complexity index is 775. The number of pyridine rings is 1. The highest BCUT2D eigenvalue weighted by Crippen LogP contribution is 2.30. The standard InChI is InChI=1S/C19H24N4O2/c1-13-15(14(2)22-19(25)21-13)9-10-18(24)23-12-6-4-8-17(23)16-7-3-5-11-20-16/h3,5,7,11,17H,4,6,8-10,12H2,1-2H3,(H,21,22,25)/t17-/m1/s1. The van der Waals surface area contributed by atoms with Crippen LogP contribution in [0, 0.1) is 13.8 Å². The molecule has 0 saturated carbocycles. The third-order valence-electron chi connectivity index (χ3n) is 4.89. The molecule has 1 fully saturated rings. The molecule has 1 amide bonds. The molecule has 1 saturated heterocycles. The van der Waals surface area contributed by atoms with Crippen LogP contribution in [0.1, 0.15) is 54.4 Å². The summed E-state index contributed by atoms with van der Waals surface area (Å²) in [5.74, 6) is 0.139. The molecular formula is C19H24N4O2. The van der Waals surface area contributed by atoms with Crippen LogP contribution in [0.3, 0.4) is 0 Å². The van der Waals surface area contributed by atoms with Crippen LogP contribution in [0.25, 0.3) is 0 Å². The van der Waals surface area contributed by atoms with E-state index in [1.54, 1.807) is 6.20 Å². The Labute approximate surface area is 147 Å². The van der Waals surface area contributed by atoms with Crippen molar-refractivity contribution < 1.29 is 4.79 Å². The number of likely N-dealkylation sites (tertiary alicyclic amines) is 1. The van der Waals surface area contributed by atoms with E-state index in [1.165, 1.54) is 0 Å². The van der Waals surface area contributed by atoms with Crippen molar-refractivity contribution in [3.63, 3.8) is 0 Å². The lowest BCUT2D eigenvalue weighted by atomic mass is 9.97. The van der Waals surface area contributed by atoms with Gasteiger partial charge in [0.1, 0.15) is 0 Å². The molecule has 0 bridgehead atoms. The van der Waals surface area contributed by atoms with Crippen molar-refractivity contribution in [3.8, 4) is 0 Å². The predicted molar refractivity (Wildman–Crippen MR) is 95.2 cm³/mol. The van der Waals surface area contributed by atoms with Crippen LogP contribution in [-0.2, 0) is 11.2 Å². The molecule has 1 atom stereocenters. The minimum Gasteiger partial charge on any atom is -0.334 e. The number of amides is 1. The van der Waals surface area contributed by atoms with Crippen molar-refractivity contribution in [1.29, 1.82) is 0 Å². The number of H-pyrrole nitrogens is 1. The molecule has 6 heteroatoms. The molecule has 0 aliphatic carbocycles. The van der Waals surface area contributed by atoms with Crippen LogP contribution in [0.5, 0.6) is 0 Å². The Morgan fingerprint density at radius 3 is 2.88 bits per heavy atom. The van der Waals surface area contributed by atoms with Gasteiger partial charge in [0.15, 0.2) is 0 Å². The minimum atomic E-state index is -0.337. The number of carbonyl (C=O) groups is 1. The lowest BCUT2D eigenvalue weighted by Crippen LogP contribution is -2.39. The van der Waals surface area contributed by atoms with E-state index in [0.717, 1.165) is 42.8 Å². The molecule has 25 heavy (non-hydrogen) atoms. The van der Waals surface area contributed by atoms with E-state index in [1.807, 2.05) is 36.9 Å². The summed E-state index contributed by atoms with van der Waals surface area (Å²) < 4.78 is 0. The van der Waals surface area contributed by atoms with Gasteiger partial charge in [0.05, 0.1) is 11.7 Å². The summed E-state index contributed by atoms with van der Waals surface area (Å²) in [6.07, 6.45) is 5.90. The van der Waals surface area contributed by atoms with E-state index in [-0.39, 0.29) is 17.6 Å². The molecule has 0 spiro atoms. The number of rotatable bonds is 4. The fraction of sp³-hybridized carbons (Fsp3) is 0.474. The third-order valence-corrected chi connectivity index (χ3v) is 4.89. The average molecular weight is 340 g/mol. The molecule has 0 unspecified atom stereocenters. The Balaban J connectivity index is 1.72. The second kappa shape index (κ2) is 7.59. The van der Waals surface area contributed by atoms with E-state index < -0.39 is 0 Å². The van der Waals surface area contributed by atoms with Crippen molar-refractivity contribution in [1.82, 2.24) is 19.9 Å². The van der Waals surface area contributed by atoms with Crippen LogP contribution >= 0.6 is 0 Å². The first kappa shape index (κ1) is 17.3. The number of aryl methyl sites for hydroxylation is 2. The summed E-state index contributed by atoms with van der Waals surface area (Å²) in [7, 11) is 0. The third kappa shape index (κ3) is 3.95. The van der Waals surface area contributed by atoms with Gasteiger partial charge in [-0.15, -0.1) is 0 Å². The Morgan fingerprint density at radius 2 is 2.16 bits per heavy atom. The Hall–Kier alpha value is -2.50.